The molecule has 0 aromatic heterocycles. The van der Waals surface area contributed by atoms with Gasteiger partial charge in [0.1, 0.15) is 11.6 Å². The van der Waals surface area contributed by atoms with Crippen LogP contribution in [0.3, 0.4) is 0 Å². The van der Waals surface area contributed by atoms with Crippen molar-refractivity contribution in [3.63, 3.8) is 0 Å². The molecule has 1 unspecified atom stereocenters. The van der Waals surface area contributed by atoms with Crippen molar-refractivity contribution < 1.29 is 9.13 Å². The Morgan fingerprint density at radius 1 is 1.21 bits per heavy atom. The highest BCUT2D eigenvalue weighted by Crippen LogP contribution is 2.31. The lowest BCUT2D eigenvalue weighted by molar-refractivity contribution is 0.410. The molecule has 100 valence electrons. The molecule has 0 bridgehead atoms. The third kappa shape index (κ3) is 3.80. The summed E-state index contributed by atoms with van der Waals surface area (Å²) in [5.41, 5.74) is 1.78. The summed E-state index contributed by atoms with van der Waals surface area (Å²) in [6.07, 6.45) is 0.725. The minimum absolute atomic E-state index is 0.0623. The van der Waals surface area contributed by atoms with E-state index < -0.39 is 0 Å². The summed E-state index contributed by atoms with van der Waals surface area (Å²) in [7, 11) is 1.53. The number of rotatable bonds is 4. The number of methoxy groups -OCH3 is 1. The molecule has 0 amide bonds. The largest absolute Gasteiger partial charge is 0.497 e. The fourth-order valence-electron chi connectivity index (χ4n) is 1.87. The fraction of sp³-hybridized carbons (Fsp3) is 0.200. The molecule has 0 saturated heterocycles. The first kappa shape index (κ1) is 14.5. The van der Waals surface area contributed by atoms with Crippen LogP contribution in [-0.2, 0) is 6.42 Å². The molecule has 1 atom stereocenters. The molecule has 4 heteroatoms. The van der Waals surface area contributed by atoms with Crippen LogP contribution in [0, 0.1) is 5.82 Å². The average molecular weight is 388 g/mol. The molecular formula is C15H13Br2FO. The molecule has 1 nitrogen and oxygen atoms in total. The highest BCUT2D eigenvalue weighted by Gasteiger charge is 2.14. The van der Waals surface area contributed by atoms with Gasteiger partial charge in [0.05, 0.1) is 7.11 Å². The van der Waals surface area contributed by atoms with Crippen LogP contribution < -0.4 is 4.74 Å². The van der Waals surface area contributed by atoms with Crippen molar-refractivity contribution in [2.45, 2.75) is 11.2 Å². The fourth-order valence-corrected chi connectivity index (χ4v) is 3.06. The molecular weight excluding hydrogens is 375 g/mol. The second-order valence-corrected chi connectivity index (χ2v) is 6.21. The van der Waals surface area contributed by atoms with Crippen LogP contribution >= 0.6 is 31.9 Å². The lowest BCUT2D eigenvalue weighted by Crippen LogP contribution is -1.99. The van der Waals surface area contributed by atoms with Crippen LogP contribution in [0.2, 0.25) is 0 Å². The van der Waals surface area contributed by atoms with Crippen molar-refractivity contribution in [2.75, 3.05) is 7.11 Å². The van der Waals surface area contributed by atoms with Crippen LogP contribution in [0.25, 0.3) is 0 Å². The van der Waals surface area contributed by atoms with Crippen molar-refractivity contribution in [1.29, 1.82) is 0 Å². The molecule has 19 heavy (non-hydrogen) atoms. The maximum absolute atomic E-state index is 14.0. The molecule has 2 rings (SSSR count). The second kappa shape index (κ2) is 6.53. The minimum atomic E-state index is -0.253. The zero-order chi connectivity index (χ0) is 13.8. The van der Waals surface area contributed by atoms with E-state index >= 15 is 0 Å². The van der Waals surface area contributed by atoms with Crippen LogP contribution in [0.15, 0.2) is 46.9 Å². The first-order valence-electron chi connectivity index (χ1n) is 5.82. The van der Waals surface area contributed by atoms with Crippen LogP contribution in [0.1, 0.15) is 16.0 Å². The predicted molar refractivity (Wildman–Crippen MR) is 82.5 cm³/mol. The lowest BCUT2D eigenvalue weighted by Gasteiger charge is -2.12. The van der Waals surface area contributed by atoms with Gasteiger partial charge in [0.2, 0.25) is 0 Å². The van der Waals surface area contributed by atoms with Crippen molar-refractivity contribution in [3.05, 3.63) is 63.9 Å². The van der Waals surface area contributed by atoms with E-state index in [1.54, 1.807) is 12.1 Å². The highest BCUT2D eigenvalue weighted by atomic mass is 79.9. The highest BCUT2D eigenvalue weighted by molar-refractivity contribution is 9.10. The van der Waals surface area contributed by atoms with Crippen LogP contribution in [0.4, 0.5) is 4.39 Å². The summed E-state index contributed by atoms with van der Waals surface area (Å²) in [6.45, 7) is 0. The molecule has 0 spiro atoms. The van der Waals surface area contributed by atoms with Gasteiger partial charge in [-0.15, -0.1) is 0 Å². The van der Waals surface area contributed by atoms with Gasteiger partial charge < -0.3 is 4.74 Å². The van der Waals surface area contributed by atoms with Gasteiger partial charge in [-0.2, -0.15) is 0 Å². The van der Waals surface area contributed by atoms with Gasteiger partial charge in [-0.1, -0.05) is 50.1 Å². The molecule has 2 aromatic rings. The third-order valence-electron chi connectivity index (χ3n) is 2.85. The topological polar surface area (TPSA) is 9.23 Å². The summed E-state index contributed by atoms with van der Waals surface area (Å²) in [5.74, 6) is 0.277. The number of hydrogen-bond acceptors (Lipinski definition) is 1. The first-order valence-corrected chi connectivity index (χ1v) is 7.53. The molecule has 2 aromatic carbocycles. The molecule has 0 N–H and O–H groups in total. The summed E-state index contributed by atoms with van der Waals surface area (Å²) < 4.78 is 20.0. The molecule has 0 aliphatic rings. The Kier molecular flexibility index (Phi) is 4.99. The Morgan fingerprint density at radius 3 is 2.63 bits per heavy atom. The van der Waals surface area contributed by atoms with Crippen LogP contribution in [0.5, 0.6) is 5.75 Å². The number of alkyl halides is 1. The van der Waals surface area contributed by atoms with E-state index in [4.69, 9.17) is 4.74 Å². The third-order valence-corrected chi connectivity index (χ3v) is 4.16. The van der Waals surface area contributed by atoms with Crippen molar-refractivity contribution >= 4 is 31.9 Å². The normalized spacial score (nSPS) is 12.2. The molecule has 0 heterocycles. The van der Waals surface area contributed by atoms with E-state index in [0.717, 1.165) is 16.5 Å². The smallest absolute Gasteiger partial charge is 0.131 e. The van der Waals surface area contributed by atoms with Crippen molar-refractivity contribution in [3.8, 4) is 5.75 Å². The Labute approximate surface area is 129 Å². The summed E-state index contributed by atoms with van der Waals surface area (Å²) in [5, 5.41) is 0. The zero-order valence-electron chi connectivity index (χ0n) is 10.4. The quantitative estimate of drug-likeness (QED) is 0.649. The van der Waals surface area contributed by atoms with Gasteiger partial charge in [-0.05, 0) is 30.2 Å². The average Bonchev–Trinajstić information content (AvgIpc) is 2.38. The van der Waals surface area contributed by atoms with E-state index in [0.29, 0.717) is 11.3 Å². The van der Waals surface area contributed by atoms with Gasteiger partial charge in [-0.25, -0.2) is 4.39 Å². The Hall–Kier alpha value is -0.870. The summed E-state index contributed by atoms with van der Waals surface area (Å²) in [6, 6.07) is 12.9. The lowest BCUT2D eigenvalue weighted by atomic mass is 10.0. The van der Waals surface area contributed by atoms with Crippen molar-refractivity contribution in [1.82, 2.24) is 0 Å². The first-order chi connectivity index (χ1) is 9.10. The zero-order valence-corrected chi connectivity index (χ0v) is 13.5. The Bertz CT molecular complexity index is 572. The maximum Gasteiger partial charge on any atom is 0.131 e. The summed E-state index contributed by atoms with van der Waals surface area (Å²) >= 11 is 6.98. The number of benzene rings is 2. The predicted octanol–water partition coefficient (Wildman–Crippen LogP) is 5.28. The molecule has 0 saturated carbocycles. The Balaban J connectivity index is 2.18. The molecule has 0 fully saturated rings. The van der Waals surface area contributed by atoms with Gasteiger partial charge in [0.15, 0.2) is 0 Å². The molecule has 0 aliphatic heterocycles. The number of hydrogen-bond donors (Lipinski definition) is 0. The van der Waals surface area contributed by atoms with Crippen molar-refractivity contribution in [2.24, 2.45) is 0 Å². The monoisotopic (exact) mass is 386 g/mol. The van der Waals surface area contributed by atoms with Gasteiger partial charge in [0.25, 0.3) is 0 Å². The number of halogens is 3. The van der Waals surface area contributed by atoms with E-state index in [1.165, 1.54) is 13.2 Å². The van der Waals surface area contributed by atoms with Gasteiger partial charge in [0, 0.05) is 20.9 Å². The van der Waals surface area contributed by atoms with Gasteiger partial charge in [-0.3, -0.25) is 0 Å². The Morgan fingerprint density at radius 2 is 2.00 bits per heavy atom. The summed E-state index contributed by atoms with van der Waals surface area (Å²) in [4.78, 5) is -0.0623. The second-order valence-electron chi connectivity index (χ2n) is 4.19. The molecule has 0 radical (unpaired) electrons. The standard InChI is InChI=1S/C15H13Br2FO/c1-19-12-5-6-13(15(18)9-12)14(17)8-10-3-2-4-11(16)7-10/h2-7,9,14H,8H2,1H3. The van der Waals surface area contributed by atoms with E-state index in [9.17, 15) is 4.39 Å². The van der Waals surface area contributed by atoms with Crippen LogP contribution in [-0.4, -0.2) is 7.11 Å². The van der Waals surface area contributed by atoms with E-state index in [1.807, 2.05) is 24.3 Å². The number of ether oxygens (including phenoxy) is 1. The van der Waals surface area contributed by atoms with Gasteiger partial charge >= 0.3 is 0 Å². The maximum atomic E-state index is 14.0. The SMILES string of the molecule is COc1ccc(C(Br)Cc2cccc(Br)c2)c(F)c1. The minimum Gasteiger partial charge on any atom is -0.497 e. The molecule has 0 aliphatic carbocycles. The van der Waals surface area contributed by atoms with E-state index in [-0.39, 0.29) is 10.6 Å². The van der Waals surface area contributed by atoms with E-state index in [2.05, 4.69) is 31.9 Å².